The molecule has 0 radical (unpaired) electrons. The smallest absolute Gasteiger partial charge is 0.410 e. The molecule has 0 aromatic heterocycles. The van der Waals surface area contributed by atoms with E-state index in [4.69, 9.17) is 4.74 Å². The molecular formula is C27H33N5O8. The monoisotopic (exact) mass is 555 g/mol. The Bertz CT molecular complexity index is 1260. The second kappa shape index (κ2) is 11.4. The molecule has 1 aromatic rings. The predicted octanol–water partition coefficient (Wildman–Crippen LogP) is 1.28. The van der Waals surface area contributed by atoms with Crippen molar-refractivity contribution in [3.8, 4) is 0 Å². The zero-order valence-corrected chi connectivity index (χ0v) is 22.8. The van der Waals surface area contributed by atoms with Crippen LogP contribution in [-0.2, 0) is 23.9 Å². The average molecular weight is 556 g/mol. The van der Waals surface area contributed by atoms with Crippen molar-refractivity contribution in [2.45, 2.75) is 64.5 Å². The van der Waals surface area contributed by atoms with Gasteiger partial charge in [0.2, 0.25) is 23.6 Å². The van der Waals surface area contributed by atoms with Gasteiger partial charge in [-0.15, -0.1) is 0 Å². The number of piperidine rings is 1. The Morgan fingerprint density at radius 2 is 1.65 bits per heavy atom. The number of carbonyl (C=O) groups is 7. The number of nitrogens with zero attached hydrogens (tertiary/aromatic N) is 3. The Hall–Kier alpha value is -4.29. The van der Waals surface area contributed by atoms with Crippen LogP contribution in [0.4, 0.5) is 10.5 Å². The molecule has 3 aliphatic rings. The van der Waals surface area contributed by atoms with E-state index in [0.717, 1.165) is 4.90 Å². The van der Waals surface area contributed by atoms with Gasteiger partial charge in [-0.05, 0) is 45.7 Å². The fourth-order valence-electron chi connectivity index (χ4n) is 4.86. The molecule has 2 N–H and O–H groups in total. The van der Waals surface area contributed by atoms with E-state index in [-0.39, 0.29) is 54.8 Å². The SMILES string of the molecule is CC(C)(C)OC(=O)N1CCN(C(=O)CCCC(=O)Nc2cccc3c2C(=O)N(C2CCC(=O)NC2=O)C3=O)CC1. The van der Waals surface area contributed by atoms with Gasteiger partial charge in [-0.1, -0.05) is 6.07 Å². The van der Waals surface area contributed by atoms with Crippen molar-refractivity contribution in [1.29, 1.82) is 0 Å². The van der Waals surface area contributed by atoms with Gasteiger partial charge >= 0.3 is 6.09 Å². The van der Waals surface area contributed by atoms with Crippen LogP contribution >= 0.6 is 0 Å². The van der Waals surface area contributed by atoms with Crippen LogP contribution in [-0.4, -0.2) is 94.1 Å². The van der Waals surface area contributed by atoms with Crippen LogP contribution in [0, 0.1) is 0 Å². The molecule has 0 saturated carbocycles. The molecule has 4 rings (SSSR count). The van der Waals surface area contributed by atoms with E-state index in [9.17, 15) is 33.6 Å². The van der Waals surface area contributed by atoms with Crippen LogP contribution in [0.3, 0.4) is 0 Å². The Balaban J connectivity index is 1.27. The van der Waals surface area contributed by atoms with Crippen LogP contribution in [0.2, 0.25) is 0 Å². The third-order valence-electron chi connectivity index (χ3n) is 6.82. The zero-order valence-electron chi connectivity index (χ0n) is 22.8. The first kappa shape index (κ1) is 28.7. The lowest BCUT2D eigenvalue weighted by molar-refractivity contribution is -0.136. The third-order valence-corrected chi connectivity index (χ3v) is 6.82. The highest BCUT2D eigenvalue weighted by atomic mass is 16.6. The summed E-state index contributed by atoms with van der Waals surface area (Å²) in [5.41, 5.74) is -0.405. The minimum absolute atomic E-state index is 0.00551. The maximum atomic E-state index is 13.2. The highest BCUT2D eigenvalue weighted by molar-refractivity contribution is 6.26. The summed E-state index contributed by atoms with van der Waals surface area (Å²) in [6.07, 6.45) is 0.0260. The number of carbonyl (C=O) groups excluding carboxylic acids is 7. The number of rotatable bonds is 6. The maximum absolute atomic E-state index is 13.2. The standard InChI is InChI=1S/C27H33N5O8/c1-27(2,3)40-26(39)31-14-12-30(13-15-31)21(35)9-5-8-19(33)28-17-7-4-6-16-22(17)25(38)32(24(16)37)18-10-11-20(34)29-23(18)36/h4,6-7,18H,5,8-15H2,1-3H3,(H,28,33)(H,29,34,36). The quantitative estimate of drug-likeness (QED) is 0.496. The molecule has 1 atom stereocenters. The molecule has 40 heavy (non-hydrogen) atoms. The van der Waals surface area contributed by atoms with E-state index in [1.165, 1.54) is 18.2 Å². The molecule has 13 nitrogen and oxygen atoms in total. The summed E-state index contributed by atoms with van der Waals surface area (Å²) in [6, 6.07) is 3.35. The summed E-state index contributed by atoms with van der Waals surface area (Å²) < 4.78 is 5.37. The minimum Gasteiger partial charge on any atom is -0.444 e. The molecule has 2 saturated heterocycles. The van der Waals surface area contributed by atoms with Crippen LogP contribution < -0.4 is 10.6 Å². The van der Waals surface area contributed by atoms with Gasteiger partial charge in [-0.3, -0.25) is 39.0 Å². The fourth-order valence-corrected chi connectivity index (χ4v) is 4.86. The summed E-state index contributed by atoms with van der Waals surface area (Å²) in [4.78, 5) is 91.4. The summed E-state index contributed by atoms with van der Waals surface area (Å²) in [5, 5.41) is 4.79. The van der Waals surface area contributed by atoms with Crippen molar-refractivity contribution >= 4 is 47.2 Å². The van der Waals surface area contributed by atoms with E-state index in [0.29, 0.717) is 26.2 Å². The van der Waals surface area contributed by atoms with E-state index in [2.05, 4.69) is 10.6 Å². The van der Waals surface area contributed by atoms with Gasteiger partial charge in [0.15, 0.2) is 0 Å². The predicted molar refractivity (Wildman–Crippen MR) is 140 cm³/mol. The number of hydrogen-bond acceptors (Lipinski definition) is 8. The fraction of sp³-hybridized carbons (Fsp3) is 0.519. The number of amides is 7. The molecule has 0 bridgehead atoms. The first-order valence-electron chi connectivity index (χ1n) is 13.3. The van der Waals surface area contributed by atoms with Gasteiger partial charge < -0.3 is 19.9 Å². The number of nitrogens with one attached hydrogen (secondary N) is 2. The number of imide groups is 2. The normalized spacial score (nSPS) is 19.4. The number of hydrogen-bond donors (Lipinski definition) is 2. The molecule has 2 fully saturated rings. The molecule has 214 valence electrons. The van der Waals surface area contributed by atoms with E-state index in [1.807, 2.05) is 0 Å². The minimum atomic E-state index is -1.11. The number of fused-ring (bicyclic) bond motifs is 1. The van der Waals surface area contributed by atoms with Crippen molar-refractivity contribution in [2.24, 2.45) is 0 Å². The van der Waals surface area contributed by atoms with Gasteiger partial charge in [0, 0.05) is 45.4 Å². The van der Waals surface area contributed by atoms with Crippen molar-refractivity contribution in [1.82, 2.24) is 20.0 Å². The highest BCUT2D eigenvalue weighted by Crippen LogP contribution is 2.32. The van der Waals surface area contributed by atoms with Gasteiger partial charge in [0.1, 0.15) is 11.6 Å². The molecule has 1 aromatic carbocycles. The van der Waals surface area contributed by atoms with E-state index in [1.54, 1.807) is 30.6 Å². The third kappa shape index (κ3) is 6.29. The van der Waals surface area contributed by atoms with Gasteiger partial charge in [-0.25, -0.2) is 4.79 Å². The highest BCUT2D eigenvalue weighted by Gasteiger charge is 2.45. The molecular weight excluding hydrogens is 522 g/mol. The zero-order chi connectivity index (χ0) is 29.2. The lowest BCUT2D eigenvalue weighted by Gasteiger charge is -2.35. The van der Waals surface area contributed by atoms with Crippen molar-refractivity contribution in [2.75, 3.05) is 31.5 Å². The molecule has 1 unspecified atom stereocenters. The first-order valence-corrected chi connectivity index (χ1v) is 13.3. The van der Waals surface area contributed by atoms with Crippen molar-refractivity contribution in [3.05, 3.63) is 29.3 Å². The summed E-state index contributed by atoms with van der Waals surface area (Å²) in [6.45, 7) is 6.85. The Kier molecular flexibility index (Phi) is 8.21. The van der Waals surface area contributed by atoms with Crippen LogP contribution in [0.1, 0.15) is 73.6 Å². The number of ether oxygens (including phenoxy) is 1. The van der Waals surface area contributed by atoms with Crippen LogP contribution in [0.15, 0.2) is 18.2 Å². The van der Waals surface area contributed by atoms with Crippen LogP contribution in [0.25, 0.3) is 0 Å². The van der Waals surface area contributed by atoms with Crippen LogP contribution in [0.5, 0.6) is 0 Å². The van der Waals surface area contributed by atoms with Gasteiger partial charge in [0.25, 0.3) is 11.8 Å². The lowest BCUT2D eigenvalue weighted by Crippen LogP contribution is -2.54. The summed E-state index contributed by atoms with van der Waals surface area (Å²) in [7, 11) is 0. The van der Waals surface area contributed by atoms with Crippen molar-refractivity contribution < 1.29 is 38.3 Å². The number of piperazine rings is 1. The van der Waals surface area contributed by atoms with E-state index < -0.39 is 47.3 Å². The number of anilines is 1. The Morgan fingerprint density at radius 1 is 0.975 bits per heavy atom. The molecule has 3 aliphatic heterocycles. The molecule has 0 spiro atoms. The molecule has 7 amide bonds. The maximum Gasteiger partial charge on any atom is 0.410 e. The largest absolute Gasteiger partial charge is 0.444 e. The molecule has 13 heteroatoms. The van der Waals surface area contributed by atoms with Gasteiger partial charge in [-0.2, -0.15) is 0 Å². The average Bonchev–Trinajstić information content (AvgIpc) is 3.13. The Morgan fingerprint density at radius 3 is 2.30 bits per heavy atom. The molecule has 3 heterocycles. The lowest BCUT2D eigenvalue weighted by atomic mass is 10.0. The van der Waals surface area contributed by atoms with Gasteiger partial charge in [0.05, 0.1) is 16.8 Å². The Labute approximate surface area is 231 Å². The molecule has 0 aliphatic carbocycles. The summed E-state index contributed by atoms with van der Waals surface area (Å²) in [5.74, 6) is -3.12. The first-order chi connectivity index (χ1) is 18.9. The second-order valence-electron chi connectivity index (χ2n) is 10.9. The van der Waals surface area contributed by atoms with Crippen molar-refractivity contribution in [3.63, 3.8) is 0 Å². The topological polar surface area (TPSA) is 162 Å². The number of benzene rings is 1. The summed E-state index contributed by atoms with van der Waals surface area (Å²) >= 11 is 0. The second-order valence-corrected chi connectivity index (χ2v) is 10.9. The van der Waals surface area contributed by atoms with E-state index >= 15 is 0 Å².